The van der Waals surface area contributed by atoms with E-state index < -0.39 is 0 Å². The van der Waals surface area contributed by atoms with Crippen molar-refractivity contribution in [1.29, 1.82) is 0 Å². The molecule has 1 unspecified atom stereocenters. The van der Waals surface area contributed by atoms with E-state index in [-0.39, 0.29) is 0 Å². The van der Waals surface area contributed by atoms with Crippen LogP contribution in [-0.2, 0) is 0 Å². The Morgan fingerprint density at radius 2 is 1.84 bits per heavy atom. The molecular weight excluding hydrogens is 232 g/mol. The maximum Gasteiger partial charge on any atom is 0.0378 e. The van der Waals surface area contributed by atoms with Crippen molar-refractivity contribution in [2.45, 2.75) is 33.2 Å². The highest BCUT2D eigenvalue weighted by Gasteiger charge is 2.04. The lowest BCUT2D eigenvalue weighted by Gasteiger charge is -2.14. The molecular formula is C17H22N2. The molecule has 0 bridgehead atoms. The van der Waals surface area contributed by atoms with Crippen LogP contribution in [0.4, 0.5) is 0 Å². The number of benzene rings is 1. The lowest BCUT2D eigenvalue weighted by molar-refractivity contribution is 0.571. The molecule has 2 aromatic rings. The zero-order valence-corrected chi connectivity index (χ0v) is 12.0. The lowest BCUT2D eigenvalue weighted by Crippen LogP contribution is -2.19. The minimum Gasteiger partial charge on any atom is -0.310 e. The van der Waals surface area contributed by atoms with Crippen molar-refractivity contribution in [3.63, 3.8) is 0 Å². The molecule has 1 atom stereocenters. The van der Waals surface area contributed by atoms with E-state index in [1.165, 1.54) is 23.1 Å². The van der Waals surface area contributed by atoms with E-state index in [1.54, 1.807) is 0 Å². The molecule has 0 saturated carbocycles. The summed E-state index contributed by atoms with van der Waals surface area (Å²) in [4.78, 5) is 4.23. The second-order valence-electron chi connectivity index (χ2n) is 4.98. The van der Waals surface area contributed by atoms with E-state index in [0.29, 0.717) is 6.04 Å². The van der Waals surface area contributed by atoms with Gasteiger partial charge in [0.25, 0.3) is 0 Å². The first-order chi connectivity index (χ1) is 9.20. The first-order valence-electron chi connectivity index (χ1n) is 6.97. The van der Waals surface area contributed by atoms with Gasteiger partial charge >= 0.3 is 0 Å². The van der Waals surface area contributed by atoms with Gasteiger partial charge < -0.3 is 5.32 Å². The summed E-state index contributed by atoms with van der Waals surface area (Å²) in [7, 11) is 0. The average molecular weight is 254 g/mol. The number of rotatable bonds is 5. The molecule has 100 valence electrons. The number of pyridine rings is 1. The zero-order chi connectivity index (χ0) is 13.7. The highest BCUT2D eigenvalue weighted by Crippen LogP contribution is 2.22. The summed E-state index contributed by atoms with van der Waals surface area (Å²) in [6.45, 7) is 7.48. The lowest BCUT2D eigenvalue weighted by atomic mass is 10.0. The Hall–Kier alpha value is -1.67. The first-order valence-corrected chi connectivity index (χ1v) is 6.97. The fraction of sp³-hybridized carbons (Fsp3) is 0.353. The molecule has 0 aliphatic carbocycles. The third kappa shape index (κ3) is 3.65. The summed E-state index contributed by atoms with van der Waals surface area (Å²) in [5.41, 5.74) is 4.87. The number of hydrogen-bond acceptors (Lipinski definition) is 2. The molecule has 0 aliphatic rings. The van der Waals surface area contributed by atoms with Gasteiger partial charge in [-0.05, 0) is 55.6 Å². The van der Waals surface area contributed by atoms with Crippen LogP contribution in [0, 0.1) is 6.92 Å². The van der Waals surface area contributed by atoms with Gasteiger partial charge in [0.2, 0.25) is 0 Å². The summed E-state index contributed by atoms with van der Waals surface area (Å²) in [6, 6.07) is 13.4. The van der Waals surface area contributed by atoms with Crippen molar-refractivity contribution in [1.82, 2.24) is 10.3 Å². The van der Waals surface area contributed by atoms with Crippen LogP contribution in [0.1, 0.15) is 37.6 Å². The largest absolute Gasteiger partial charge is 0.310 e. The Morgan fingerprint density at radius 3 is 2.47 bits per heavy atom. The van der Waals surface area contributed by atoms with Gasteiger partial charge in [-0.2, -0.15) is 0 Å². The molecule has 0 amide bonds. The Labute approximate surface area is 115 Å². The van der Waals surface area contributed by atoms with Crippen LogP contribution in [0.25, 0.3) is 11.1 Å². The Bertz CT molecular complexity index is 517. The topological polar surface area (TPSA) is 24.9 Å². The van der Waals surface area contributed by atoms with Gasteiger partial charge in [0.1, 0.15) is 0 Å². The number of aryl methyl sites for hydroxylation is 1. The minimum atomic E-state index is 0.410. The molecule has 1 aromatic carbocycles. The van der Waals surface area contributed by atoms with Gasteiger partial charge in [-0.25, -0.2) is 0 Å². The van der Waals surface area contributed by atoms with Gasteiger partial charge in [-0.15, -0.1) is 0 Å². The molecule has 1 heterocycles. The second kappa shape index (κ2) is 6.48. The number of nitrogens with zero attached hydrogens (tertiary/aromatic N) is 1. The van der Waals surface area contributed by atoms with Crippen molar-refractivity contribution in [2.24, 2.45) is 0 Å². The van der Waals surface area contributed by atoms with Crippen molar-refractivity contribution >= 4 is 0 Å². The summed E-state index contributed by atoms with van der Waals surface area (Å²) >= 11 is 0. The third-order valence-electron chi connectivity index (χ3n) is 3.34. The van der Waals surface area contributed by atoms with Gasteiger partial charge in [0, 0.05) is 17.9 Å². The minimum absolute atomic E-state index is 0.410. The van der Waals surface area contributed by atoms with Gasteiger partial charge in [-0.1, -0.05) is 31.2 Å². The molecule has 0 spiro atoms. The number of nitrogens with one attached hydrogen (secondary N) is 1. The van der Waals surface area contributed by atoms with Gasteiger partial charge in [-0.3, -0.25) is 4.98 Å². The second-order valence-corrected chi connectivity index (χ2v) is 4.98. The fourth-order valence-corrected chi connectivity index (χ4v) is 2.17. The summed E-state index contributed by atoms with van der Waals surface area (Å²) < 4.78 is 0. The highest BCUT2D eigenvalue weighted by atomic mass is 14.9. The van der Waals surface area contributed by atoms with Crippen molar-refractivity contribution in [3.8, 4) is 11.1 Å². The van der Waals surface area contributed by atoms with E-state index in [9.17, 15) is 0 Å². The molecule has 2 nitrogen and oxygen atoms in total. The molecule has 0 radical (unpaired) electrons. The molecule has 1 N–H and O–H groups in total. The maximum atomic E-state index is 4.23. The summed E-state index contributed by atoms with van der Waals surface area (Å²) in [6.07, 6.45) is 3.03. The van der Waals surface area contributed by atoms with Gasteiger partial charge in [0.05, 0.1) is 0 Å². The predicted octanol–water partition coefficient (Wildman–Crippen LogP) is 4.12. The fourth-order valence-electron chi connectivity index (χ4n) is 2.17. The van der Waals surface area contributed by atoms with Crippen LogP contribution in [0.15, 0.2) is 42.6 Å². The van der Waals surface area contributed by atoms with Crippen LogP contribution in [0.5, 0.6) is 0 Å². The normalized spacial score (nSPS) is 12.4. The predicted molar refractivity (Wildman–Crippen MR) is 81.1 cm³/mol. The smallest absolute Gasteiger partial charge is 0.0378 e. The molecule has 0 saturated heterocycles. The maximum absolute atomic E-state index is 4.23. The Balaban J connectivity index is 2.14. The van der Waals surface area contributed by atoms with E-state index >= 15 is 0 Å². The van der Waals surface area contributed by atoms with Crippen molar-refractivity contribution in [2.75, 3.05) is 6.54 Å². The van der Waals surface area contributed by atoms with Crippen LogP contribution >= 0.6 is 0 Å². The molecule has 19 heavy (non-hydrogen) atoms. The van der Waals surface area contributed by atoms with Crippen LogP contribution < -0.4 is 5.32 Å². The van der Waals surface area contributed by atoms with E-state index in [1.807, 2.05) is 13.1 Å². The standard InChI is InChI=1S/C17H22N2/c1-4-10-19-14(3)15-5-7-16(8-6-15)17-9-11-18-13(2)12-17/h5-9,11-12,14,19H,4,10H2,1-3H3. The van der Waals surface area contributed by atoms with Crippen LogP contribution in [0.3, 0.4) is 0 Å². The highest BCUT2D eigenvalue weighted by molar-refractivity contribution is 5.63. The quantitative estimate of drug-likeness (QED) is 0.868. The van der Waals surface area contributed by atoms with Crippen molar-refractivity contribution in [3.05, 3.63) is 53.9 Å². The van der Waals surface area contributed by atoms with Gasteiger partial charge in [0.15, 0.2) is 0 Å². The third-order valence-corrected chi connectivity index (χ3v) is 3.34. The number of hydrogen-bond donors (Lipinski definition) is 1. The van der Waals surface area contributed by atoms with E-state index in [2.05, 4.69) is 60.5 Å². The summed E-state index contributed by atoms with van der Waals surface area (Å²) in [5, 5.41) is 3.51. The SMILES string of the molecule is CCCNC(C)c1ccc(-c2ccnc(C)c2)cc1. The number of aromatic nitrogens is 1. The molecule has 2 rings (SSSR count). The first kappa shape index (κ1) is 13.8. The Morgan fingerprint density at radius 1 is 1.11 bits per heavy atom. The summed E-state index contributed by atoms with van der Waals surface area (Å²) in [5.74, 6) is 0. The van der Waals surface area contributed by atoms with E-state index in [4.69, 9.17) is 0 Å². The van der Waals surface area contributed by atoms with Crippen molar-refractivity contribution < 1.29 is 0 Å². The molecule has 0 aliphatic heterocycles. The average Bonchev–Trinajstić information content (AvgIpc) is 2.45. The molecule has 2 heteroatoms. The monoisotopic (exact) mass is 254 g/mol. The van der Waals surface area contributed by atoms with Crippen LogP contribution in [-0.4, -0.2) is 11.5 Å². The molecule has 1 aromatic heterocycles. The molecule has 0 fully saturated rings. The zero-order valence-electron chi connectivity index (χ0n) is 12.0. The van der Waals surface area contributed by atoms with E-state index in [0.717, 1.165) is 12.2 Å². The Kier molecular flexibility index (Phi) is 4.69. The van der Waals surface area contributed by atoms with Crippen LogP contribution in [0.2, 0.25) is 0 Å².